The number of hydrogen-bond acceptors (Lipinski definition) is 5. The summed E-state index contributed by atoms with van der Waals surface area (Å²) < 4.78 is 45.5. The number of carbonyl (C=O) groups is 1. The van der Waals surface area contributed by atoms with Crippen LogP contribution < -0.4 is 5.32 Å². The van der Waals surface area contributed by atoms with Crippen molar-refractivity contribution in [1.82, 2.24) is 9.62 Å². The van der Waals surface area contributed by atoms with Gasteiger partial charge in [0.25, 0.3) is 10.0 Å². The molecule has 6 nitrogen and oxygen atoms in total. The molecule has 1 atom stereocenters. The molecule has 1 fully saturated rings. The average molecular weight is 413 g/mol. The molecule has 2 aromatic rings. The van der Waals surface area contributed by atoms with Gasteiger partial charge in [-0.15, -0.1) is 11.3 Å². The van der Waals surface area contributed by atoms with Crippen LogP contribution in [0.3, 0.4) is 0 Å². The summed E-state index contributed by atoms with van der Waals surface area (Å²) in [5.41, 5.74) is 0.827. The van der Waals surface area contributed by atoms with Crippen LogP contribution in [-0.2, 0) is 21.2 Å². The highest BCUT2D eigenvalue weighted by Gasteiger charge is 2.34. The normalized spacial score (nSPS) is 17.8. The number of nitrogens with zero attached hydrogens (tertiary/aromatic N) is 1. The van der Waals surface area contributed by atoms with Gasteiger partial charge < -0.3 is 10.1 Å². The summed E-state index contributed by atoms with van der Waals surface area (Å²) in [6.45, 7) is 1.14. The molecule has 1 aromatic heterocycles. The van der Waals surface area contributed by atoms with Crippen molar-refractivity contribution in [3.05, 3.63) is 52.7 Å². The van der Waals surface area contributed by atoms with Gasteiger partial charge in [-0.3, -0.25) is 0 Å². The minimum Gasteiger partial charge on any atom is -0.453 e. The van der Waals surface area contributed by atoms with E-state index in [-0.39, 0.29) is 15.9 Å². The number of sulfonamides is 1. The van der Waals surface area contributed by atoms with Crippen molar-refractivity contribution in [1.29, 1.82) is 0 Å². The number of carbonyl (C=O) groups excluding carboxylic acids is 1. The molecule has 0 bridgehead atoms. The van der Waals surface area contributed by atoms with E-state index in [0.29, 0.717) is 32.5 Å². The SMILES string of the molecule is COC(=O)NCCc1ccc(S(=O)(=O)N2CCC(c3cccc(F)c3)C2)s1. The van der Waals surface area contributed by atoms with Gasteiger partial charge in [-0.05, 0) is 48.6 Å². The highest BCUT2D eigenvalue weighted by molar-refractivity contribution is 7.91. The van der Waals surface area contributed by atoms with E-state index in [9.17, 15) is 17.6 Å². The number of thiophene rings is 1. The fraction of sp³-hybridized carbons (Fsp3) is 0.389. The van der Waals surface area contributed by atoms with Crippen LogP contribution in [0.5, 0.6) is 0 Å². The zero-order valence-corrected chi connectivity index (χ0v) is 16.5. The average Bonchev–Trinajstić information content (AvgIpc) is 3.32. The second-order valence-corrected chi connectivity index (χ2v) is 9.63. The molecule has 0 radical (unpaired) electrons. The Morgan fingerprint density at radius 1 is 1.37 bits per heavy atom. The predicted octanol–water partition coefficient (Wildman–Crippen LogP) is 2.96. The van der Waals surface area contributed by atoms with Crippen molar-refractivity contribution in [2.75, 3.05) is 26.7 Å². The molecule has 1 aliphatic heterocycles. The zero-order chi connectivity index (χ0) is 19.4. The van der Waals surface area contributed by atoms with Gasteiger partial charge in [-0.1, -0.05) is 12.1 Å². The summed E-state index contributed by atoms with van der Waals surface area (Å²) in [4.78, 5) is 11.9. The van der Waals surface area contributed by atoms with E-state index in [1.54, 1.807) is 18.2 Å². The molecule has 1 unspecified atom stereocenters. The highest BCUT2D eigenvalue weighted by Crippen LogP contribution is 2.33. The first-order valence-electron chi connectivity index (χ1n) is 8.56. The lowest BCUT2D eigenvalue weighted by Gasteiger charge is -2.15. The summed E-state index contributed by atoms with van der Waals surface area (Å²) in [6.07, 6.45) is 0.686. The number of amides is 1. The first kappa shape index (κ1) is 19.8. The summed E-state index contributed by atoms with van der Waals surface area (Å²) in [6, 6.07) is 9.70. The second kappa shape index (κ2) is 8.37. The Kier molecular flexibility index (Phi) is 6.13. The van der Waals surface area contributed by atoms with Crippen LogP contribution in [-0.4, -0.2) is 45.6 Å². The van der Waals surface area contributed by atoms with Crippen LogP contribution in [0.2, 0.25) is 0 Å². The third-order valence-electron chi connectivity index (χ3n) is 4.53. The van der Waals surface area contributed by atoms with E-state index < -0.39 is 16.1 Å². The van der Waals surface area contributed by atoms with Crippen LogP contribution in [0.15, 0.2) is 40.6 Å². The topological polar surface area (TPSA) is 75.7 Å². The summed E-state index contributed by atoms with van der Waals surface area (Å²) in [7, 11) is -2.28. The Labute approximate surface area is 162 Å². The maximum Gasteiger partial charge on any atom is 0.406 e. The third-order valence-corrected chi connectivity index (χ3v) is 8.01. The number of alkyl carbamates (subject to hydrolysis) is 1. The van der Waals surface area contributed by atoms with E-state index in [0.717, 1.165) is 10.4 Å². The van der Waals surface area contributed by atoms with Crippen LogP contribution >= 0.6 is 11.3 Å². The van der Waals surface area contributed by atoms with Crippen LogP contribution in [0.4, 0.5) is 9.18 Å². The molecule has 3 rings (SSSR count). The van der Waals surface area contributed by atoms with Crippen molar-refractivity contribution >= 4 is 27.5 Å². The summed E-state index contributed by atoms with van der Waals surface area (Å²) >= 11 is 1.20. The molecule has 1 saturated heterocycles. The molecular formula is C18H21FN2O4S2. The van der Waals surface area contributed by atoms with E-state index in [2.05, 4.69) is 10.1 Å². The summed E-state index contributed by atoms with van der Waals surface area (Å²) in [5.74, 6) is -0.309. The molecular weight excluding hydrogens is 391 g/mol. The number of rotatable bonds is 6. The van der Waals surface area contributed by atoms with Gasteiger partial charge in [0.05, 0.1) is 7.11 Å². The first-order valence-corrected chi connectivity index (χ1v) is 10.8. The monoisotopic (exact) mass is 412 g/mol. The van der Waals surface area contributed by atoms with E-state index >= 15 is 0 Å². The van der Waals surface area contributed by atoms with Gasteiger partial charge in [0.2, 0.25) is 0 Å². The Morgan fingerprint density at radius 2 is 2.19 bits per heavy atom. The number of methoxy groups -OCH3 is 1. The third kappa shape index (κ3) is 4.66. The fourth-order valence-corrected chi connectivity index (χ4v) is 6.11. The smallest absolute Gasteiger partial charge is 0.406 e. The number of nitrogens with one attached hydrogen (secondary N) is 1. The lowest BCUT2D eigenvalue weighted by molar-refractivity contribution is 0.171. The standard InChI is InChI=1S/C18H21FN2O4S2/c1-25-18(22)20-9-7-16-5-6-17(26-16)27(23,24)21-10-8-14(12-21)13-3-2-4-15(19)11-13/h2-6,11,14H,7-10,12H2,1H3,(H,20,22). The minimum atomic E-state index is -3.57. The van der Waals surface area contributed by atoms with Gasteiger partial charge in [-0.25, -0.2) is 17.6 Å². The lowest BCUT2D eigenvalue weighted by Crippen LogP contribution is -2.28. The van der Waals surface area contributed by atoms with Gasteiger partial charge in [0.15, 0.2) is 0 Å². The van der Waals surface area contributed by atoms with Crippen molar-refractivity contribution in [3.8, 4) is 0 Å². The zero-order valence-electron chi connectivity index (χ0n) is 14.9. The van der Waals surface area contributed by atoms with Gasteiger partial charge in [-0.2, -0.15) is 4.31 Å². The number of hydrogen-bond donors (Lipinski definition) is 1. The molecule has 1 N–H and O–H groups in total. The van der Waals surface area contributed by atoms with Crippen LogP contribution in [0.25, 0.3) is 0 Å². The minimum absolute atomic E-state index is 0.000774. The van der Waals surface area contributed by atoms with E-state index in [1.165, 1.54) is 34.9 Å². The van der Waals surface area contributed by atoms with Crippen LogP contribution in [0, 0.1) is 5.82 Å². The Hall–Kier alpha value is -1.97. The Morgan fingerprint density at radius 3 is 2.93 bits per heavy atom. The molecule has 27 heavy (non-hydrogen) atoms. The molecule has 9 heteroatoms. The molecule has 1 aromatic carbocycles. The quantitative estimate of drug-likeness (QED) is 0.792. The first-order chi connectivity index (χ1) is 12.9. The van der Waals surface area contributed by atoms with Gasteiger partial charge in [0.1, 0.15) is 10.0 Å². The van der Waals surface area contributed by atoms with Crippen molar-refractivity contribution < 1.29 is 22.3 Å². The van der Waals surface area contributed by atoms with Crippen molar-refractivity contribution in [2.24, 2.45) is 0 Å². The largest absolute Gasteiger partial charge is 0.453 e. The Balaban J connectivity index is 1.64. The predicted molar refractivity (Wildman–Crippen MR) is 101 cm³/mol. The molecule has 1 aliphatic rings. The lowest BCUT2D eigenvalue weighted by atomic mass is 9.99. The summed E-state index contributed by atoms with van der Waals surface area (Å²) in [5, 5.41) is 2.57. The molecule has 1 amide bonds. The highest BCUT2D eigenvalue weighted by atomic mass is 32.2. The fourth-order valence-electron chi connectivity index (χ4n) is 3.10. The Bertz CT molecular complexity index is 914. The number of halogens is 1. The van der Waals surface area contributed by atoms with Crippen LogP contribution in [0.1, 0.15) is 22.8 Å². The molecule has 2 heterocycles. The molecule has 0 saturated carbocycles. The van der Waals surface area contributed by atoms with Crippen molar-refractivity contribution in [2.45, 2.75) is 23.0 Å². The number of benzene rings is 1. The maximum absolute atomic E-state index is 13.4. The molecule has 0 spiro atoms. The van der Waals surface area contributed by atoms with Crippen molar-refractivity contribution in [3.63, 3.8) is 0 Å². The van der Waals surface area contributed by atoms with E-state index in [1.807, 2.05) is 6.07 Å². The van der Waals surface area contributed by atoms with Gasteiger partial charge in [0, 0.05) is 24.5 Å². The van der Waals surface area contributed by atoms with Gasteiger partial charge >= 0.3 is 6.09 Å². The number of ether oxygens (including phenoxy) is 1. The second-order valence-electron chi connectivity index (χ2n) is 6.29. The van der Waals surface area contributed by atoms with E-state index in [4.69, 9.17) is 0 Å². The molecule has 146 valence electrons. The maximum atomic E-state index is 13.4. The molecule has 0 aliphatic carbocycles.